The molecule has 1 nitrogen and oxygen atoms in total. The summed E-state index contributed by atoms with van der Waals surface area (Å²) in [5.41, 5.74) is 4.10. The highest BCUT2D eigenvalue weighted by atomic mass is 14.9. The summed E-state index contributed by atoms with van der Waals surface area (Å²) in [6.07, 6.45) is 2.33. The molecule has 0 saturated carbocycles. The van der Waals surface area contributed by atoms with Crippen LogP contribution >= 0.6 is 0 Å². The average molecular weight is 173 g/mol. The third-order valence-electron chi connectivity index (χ3n) is 2.54. The van der Waals surface area contributed by atoms with Gasteiger partial charge in [0.05, 0.1) is 0 Å². The highest BCUT2D eigenvalue weighted by molar-refractivity contribution is 5.56. The van der Waals surface area contributed by atoms with Crippen LogP contribution in [-0.2, 0) is 0 Å². The van der Waals surface area contributed by atoms with Gasteiger partial charge in [-0.2, -0.15) is 0 Å². The van der Waals surface area contributed by atoms with Gasteiger partial charge in [-0.25, -0.2) is 0 Å². The van der Waals surface area contributed by atoms with Gasteiger partial charge >= 0.3 is 0 Å². The van der Waals surface area contributed by atoms with Crippen LogP contribution in [-0.4, -0.2) is 6.54 Å². The van der Waals surface area contributed by atoms with Crippen LogP contribution in [0.3, 0.4) is 0 Å². The molecule has 1 heterocycles. The molecule has 0 spiro atoms. The smallest absolute Gasteiger partial charge is 0.0381 e. The van der Waals surface area contributed by atoms with Crippen LogP contribution in [0.4, 0.5) is 5.69 Å². The van der Waals surface area contributed by atoms with E-state index in [1.165, 1.54) is 16.8 Å². The molecular formula is C12H15N. The van der Waals surface area contributed by atoms with Crippen LogP contribution in [0.15, 0.2) is 35.9 Å². The van der Waals surface area contributed by atoms with Gasteiger partial charge < -0.3 is 5.32 Å². The number of fused-ring (bicyclic) bond motifs is 1. The largest absolute Gasteiger partial charge is 0.381 e. The molecule has 0 radical (unpaired) electrons. The molecular weight excluding hydrogens is 158 g/mol. The summed E-state index contributed by atoms with van der Waals surface area (Å²) in [4.78, 5) is 0. The minimum atomic E-state index is 0.534. The third kappa shape index (κ3) is 1.59. The van der Waals surface area contributed by atoms with Crippen molar-refractivity contribution < 1.29 is 0 Å². The molecule has 0 fully saturated rings. The zero-order valence-electron chi connectivity index (χ0n) is 8.17. The summed E-state index contributed by atoms with van der Waals surface area (Å²) >= 11 is 0. The molecule has 0 amide bonds. The number of rotatable bonds is 0. The van der Waals surface area contributed by atoms with Crippen LogP contribution in [0.25, 0.3) is 0 Å². The Labute approximate surface area is 79.5 Å². The lowest BCUT2D eigenvalue weighted by molar-refractivity contribution is 0.966. The van der Waals surface area contributed by atoms with E-state index in [4.69, 9.17) is 0 Å². The Morgan fingerprint density at radius 1 is 1.31 bits per heavy atom. The van der Waals surface area contributed by atoms with Crippen molar-refractivity contribution in [3.05, 3.63) is 41.5 Å². The number of nitrogens with one attached hydrogen (secondary N) is 1. The molecule has 1 aromatic rings. The lowest BCUT2D eigenvalue weighted by Crippen LogP contribution is -2.01. The molecule has 0 saturated heterocycles. The molecule has 1 heteroatoms. The molecule has 68 valence electrons. The number of benzene rings is 1. The predicted octanol–water partition coefficient (Wildman–Crippen LogP) is 3.16. The summed E-state index contributed by atoms with van der Waals surface area (Å²) < 4.78 is 0. The molecule has 1 aromatic carbocycles. The SMILES string of the molecule is CC1=CC(C)c2ccccc2NC1. The lowest BCUT2D eigenvalue weighted by Gasteiger charge is -2.10. The van der Waals surface area contributed by atoms with Gasteiger partial charge in [0.1, 0.15) is 0 Å². The maximum Gasteiger partial charge on any atom is 0.0381 e. The summed E-state index contributed by atoms with van der Waals surface area (Å²) in [7, 11) is 0. The van der Waals surface area contributed by atoms with E-state index in [-0.39, 0.29) is 0 Å². The van der Waals surface area contributed by atoms with Gasteiger partial charge in [0.25, 0.3) is 0 Å². The molecule has 1 atom stereocenters. The second-order valence-electron chi connectivity index (χ2n) is 3.74. The first-order chi connectivity index (χ1) is 6.27. The predicted molar refractivity (Wildman–Crippen MR) is 57.1 cm³/mol. The summed E-state index contributed by atoms with van der Waals surface area (Å²) in [6, 6.07) is 8.53. The minimum absolute atomic E-state index is 0.534. The third-order valence-corrected chi connectivity index (χ3v) is 2.54. The van der Waals surface area contributed by atoms with Crippen molar-refractivity contribution in [1.29, 1.82) is 0 Å². The normalized spacial score (nSPS) is 21.1. The van der Waals surface area contributed by atoms with Crippen molar-refractivity contribution in [2.24, 2.45) is 0 Å². The van der Waals surface area contributed by atoms with E-state index in [0.717, 1.165) is 6.54 Å². The Kier molecular flexibility index (Phi) is 2.09. The minimum Gasteiger partial charge on any atom is -0.381 e. The van der Waals surface area contributed by atoms with Gasteiger partial charge in [0.2, 0.25) is 0 Å². The highest BCUT2D eigenvalue weighted by Crippen LogP contribution is 2.28. The fraction of sp³-hybridized carbons (Fsp3) is 0.333. The van der Waals surface area contributed by atoms with Crippen LogP contribution in [0, 0.1) is 0 Å². The van der Waals surface area contributed by atoms with Crippen molar-refractivity contribution in [3.8, 4) is 0 Å². The number of hydrogen-bond donors (Lipinski definition) is 1. The molecule has 1 aliphatic heterocycles. The standard InChI is InChI=1S/C12H15N/c1-9-7-10(2)11-5-3-4-6-12(11)13-8-9/h3-7,10,13H,8H2,1-2H3. The Balaban J connectivity index is 2.44. The second kappa shape index (κ2) is 3.25. The molecule has 1 unspecified atom stereocenters. The van der Waals surface area contributed by atoms with Crippen molar-refractivity contribution in [3.63, 3.8) is 0 Å². The quantitative estimate of drug-likeness (QED) is 0.594. The monoisotopic (exact) mass is 173 g/mol. The first-order valence-electron chi connectivity index (χ1n) is 4.77. The Hall–Kier alpha value is -1.24. The van der Waals surface area contributed by atoms with E-state index in [1.807, 2.05) is 0 Å². The molecule has 13 heavy (non-hydrogen) atoms. The van der Waals surface area contributed by atoms with Crippen molar-refractivity contribution in [2.45, 2.75) is 19.8 Å². The van der Waals surface area contributed by atoms with E-state index >= 15 is 0 Å². The molecule has 1 aliphatic rings. The van der Waals surface area contributed by atoms with Gasteiger partial charge in [0, 0.05) is 18.2 Å². The highest BCUT2D eigenvalue weighted by Gasteiger charge is 2.11. The zero-order chi connectivity index (χ0) is 9.26. The Morgan fingerprint density at radius 3 is 2.92 bits per heavy atom. The number of para-hydroxylation sites is 1. The van der Waals surface area contributed by atoms with Gasteiger partial charge in [-0.15, -0.1) is 0 Å². The molecule has 0 aromatic heterocycles. The number of allylic oxidation sites excluding steroid dienone is 1. The van der Waals surface area contributed by atoms with Gasteiger partial charge in [-0.3, -0.25) is 0 Å². The van der Waals surface area contributed by atoms with Crippen molar-refractivity contribution in [1.82, 2.24) is 0 Å². The van der Waals surface area contributed by atoms with E-state index in [1.54, 1.807) is 0 Å². The summed E-state index contributed by atoms with van der Waals surface area (Å²) in [6.45, 7) is 5.39. The molecule has 0 aliphatic carbocycles. The van der Waals surface area contributed by atoms with Gasteiger partial charge in [-0.05, 0) is 18.6 Å². The van der Waals surface area contributed by atoms with Crippen LogP contribution in [0.5, 0.6) is 0 Å². The van der Waals surface area contributed by atoms with E-state index < -0.39 is 0 Å². The van der Waals surface area contributed by atoms with Gasteiger partial charge in [0.15, 0.2) is 0 Å². The van der Waals surface area contributed by atoms with Crippen molar-refractivity contribution in [2.75, 3.05) is 11.9 Å². The summed E-state index contributed by atoms with van der Waals surface area (Å²) in [5, 5.41) is 3.44. The van der Waals surface area contributed by atoms with Crippen molar-refractivity contribution >= 4 is 5.69 Å². The molecule has 1 N–H and O–H groups in total. The zero-order valence-corrected chi connectivity index (χ0v) is 8.17. The number of hydrogen-bond acceptors (Lipinski definition) is 1. The van der Waals surface area contributed by atoms with E-state index in [0.29, 0.717) is 5.92 Å². The fourth-order valence-corrected chi connectivity index (χ4v) is 1.87. The van der Waals surface area contributed by atoms with Crippen LogP contribution < -0.4 is 5.32 Å². The topological polar surface area (TPSA) is 12.0 Å². The first kappa shape index (κ1) is 8.36. The fourth-order valence-electron chi connectivity index (χ4n) is 1.87. The Bertz CT molecular complexity index is 339. The van der Waals surface area contributed by atoms with E-state index in [9.17, 15) is 0 Å². The summed E-state index contributed by atoms with van der Waals surface area (Å²) in [5.74, 6) is 0.534. The maximum absolute atomic E-state index is 3.44. The molecule has 2 rings (SSSR count). The van der Waals surface area contributed by atoms with E-state index in [2.05, 4.69) is 49.5 Å². The first-order valence-corrected chi connectivity index (χ1v) is 4.77. The van der Waals surface area contributed by atoms with Gasteiger partial charge in [-0.1, -0.05) is 36.8 Å². The maximum atomic E-state index is 3.44. The van der Waals surface area contributed by atoms with Crippen LogP contribution in [0.1, 0.15) is 25.3 Å². The van der Waals surface area contributed by atoms with Crippen LogP contribution in [0.2, 0.25) is 0 Å². The second-order valence-corrected chi connectivity index (χ2v) is 3.74. The number of anilines is 1. The lowest BCUT2D eigenvalue weighted by atomic mass is 9.99. The molecule has 0 bridgehead atoms. The average Bonchev–Trinajstić information content (AvgIpc) is 2.27. The Morgan fingerprint density at radius 2 is 2.08 bits per heavy atom.